The van der Waals surface area contributed by atoms with E-state index in [1.165, 1.54) is 19.0 Å². The summed E-state index contributed by atoms with van der Waals surface area (Å²) in [6.07, 6.45) is 6.71. The lowest BCUT2D eigenvalue weighted by atomic mass is 9.86. The van der Waals surface area contributed by atoms with Gasteiger partial charge >= 0.3 is 6.09 Å². The average molecular weight is 454 g/mol. The molecule has 31 heavy (non-hydrogen) atoms. The van der Waals surface area contributed by atoms with Gasteiger partial charge in [-0.2, -0.15) is 17.4 Å². The van der Waals surface area contributed by atoms with Gasteiger partial charge in [0, 0.05) is 44.0 Å². The van der Waals surface area contributed by atoms with Crippen molar-refractivity contribution in [2.45, 2.75) is 68.7 Å². The molecule has 6 atom stereocenters. The topological polar surface area (TPSA) is 125 Å². The molecule has 0 aromatic carbocycles. The molecule has 4 rings (SSSR count). The molecule has 2 heterocycles. The Hall–Kier alpha value is -1.82. The third-order valence-corrected chi connectivity index (χ3v) is 8.66. The summed E-state index contributed by atoms with van der Waals surface area (Å²) in [5.74, 6) is 1.40. The number of carbonyl (C=O) groups is 1. The summed E-state index contributed by atoms with van der Waals surface area (Å²) >= 11 is 0. The molecule has 11 heteroatoms. The fourth-order valence-electron chi connectivity index (χ4n) is 5.29. The van der Waals surface area contributed by atoms with Crippen LogP contribution in [-0.2, 0) is 20.4 Å². The van der Waals surface area contributed by atoms with E-state index in [1.807, 2.05) is 6.07 Å². The molecule has 3 aliphatic rings. The van der Waals surface area contributed by atoms with E-state index in [-0.39, 0.29) is 24.2 Å². The molecule has 2 saturated carbocycles. The summed E-state index contributed by atoms with van der Waals surface area (Å²) in [5, 5.41) is 9.69. The highest BCUT2D eigenvalue weighted by Gasteiger charge is 2.60. The van der Waals surface area contributed by atoms with Gasteiger partial charge in [0.05, 0.1) is 18.8 Å². The van der Waals surface area contributed by atoms with Crippen LogP contribution in [0, 0.1) is 5.92 Å². The molecule has 10 nitrogen and oxygen atoms in total. The number of hydrogen-bond donors (Lipinski definition) is 2. The Morgan fingerprint density at radius 1 is 1.35 bits per heavy atom. The first-order chi connectivity index (χ1) is 14.6. The molecule has 0 unspecified atom stereocenters. The highest BCUT2D eigenvalue weighted by Crippen LogP contribution is 2.61. The summed E-state index contributed by atoms with van der Waals surface area (Å²) in [4.78, 5) is 22.1. The maximum atomic E-state index is 12.3. The van der Waals surface area contributed by atoms with Gasteiger partial charge in [-0.05, 0) is 51.0 Å². The standard InChI is InChI=1S/C20H31N5O5S/c1-13-9-16(23-31(28,29)24(2)3)17(25(13)19(26)27)12-30-15-5-6-20(11-14(20)10-15)18-21-7-4-8-22-18/h4,7-8,13-17,23H,5-6,9-12H2,1-3H3,(H,26,27)/t13-,14+,15-,16+,17+,20+/m1/s1. The minimum absolute atomic E-state index is 0.0296. The molecule has 0 radical (unpaired) electrons. The van der Waals surface area contributed by atoms with Crippen LogP contribution >= 0.6 is 0 Å². The number of hydrogen-bond acceptors (Lipinski definition) is 6. The van der Waals surface area contributed by atoms with Gasteiger partial charge in [0.1, 0.15) is 5.82 Å². The van der Waals surface area contributed by atoms with Crippen molar-refractivity contribution in [2.75, 3.05) is 20.7 Å². The first-order valence-electron chi connectivity index (χ1n) is 10.7. The molecule has 1 amide bonds. The van der Waals surface area contributed by atoms with Crippen molar-refractivity contribution >= 4 is 16.3 Å². The number of amides is 1. The molecule has 2 aliphatic carbocycles. The number of fused-ring (bicyclic) bond motifs is 1. The van der Waals surface area contributed by atoms with Crippen LogP contribution in [0.2, 0.25) is 0 Å². The van der Waals surface area contributed by atoms with Crippen LogP contribution in [-0.4, -0.2) is 83.7 Å². The van der Waals surface area contributed by atoms with Crippen molar-refractivity contribution in [3.63, 3.8) is 0 Å². The highest BCUT2D eigenvalue weighted by molar-refractivity contribution is 7.87. The van der Waals surface area contributed by atoms with E-state index < -0.39 is 28.4 Å². The fraction of sp³-hybridized carbons (Fsp3) is 0.750. The quantitative estimate of drug-likeness (QED) is 0.636. The zero-order chi connectivity index (χ0) is 22.4. The minimum Gasteiger partial charge on any atom is -0.465 e. The molecule has 1 aliphatic heterocycles. The summed E-state index contributed by atoms with van der Waals surface area (Å²) in [6.45, 7) is 1.97. The Bertz CT molecular complexity index is 914. The van der Waals surface area contributed by atoms with E-state index >= 15 is 0 Å². The van der Waals surface area contributed by atoms with Gasteiger partial charge in [-0.25, -0.2) is 14.8 Å². The number of carboxylic acid groups (broad SMARTS) is 1. The van der Waals surface area contributed by atoms with Crippen LogP contribution in [0.15, 0.2) is 18.5 Å². The molecule has 1 aromatic heterocycles. The van der Waals surface area contributed by atoms with Crippen LogP contribution in [0.25, 0.3) is 0 Å². The number of likely N-dealkylation sites (tertiary alicyclic amines) is 1. The number of aromatic nitrogens is 2. The average Bonchev–Trinajstić information content (AvgIpc) is 3.37. The van der Waals surface area contributed by atoms with Crippen molar-refractivity contribution in [1.29, 1.82) is 0 Å². The lowest BCUT2D eigenvalue weighted by Crippen LogP contribution is -2.52. The predicted octanol–water partition coefficient (Wildman–Crippen LogP) is 1.21. The molecule has 0 bridgehead atoms. The van der Waals surface area contributed by atoms with Gasteiger partial charge in [-0.3, -0.25) is 4.90 Å². The smallest absolute Gasteiger partial charge is 0.407 e. The predicted molar refractivity (Wildman–Crippen MR) is 113 cm³/mol. The summed E-state index contributed by atoms with van der Waals surface area (Å²) in [7, 11) is -0.785. The van der Waals surface area contributed by atoms with Crippen molar-refractivity contribution in [3.05, 3.63) is 24.3 Å². The minimum atomic E-state index is -3.68. The molecule has 3 fully saturated rings. The fourth-order valence-corrected chi connectivity index (χ4v) is 6.13. The van der Waals surface area contributed by atoms with E-state index in [0.29, 0.717) is 12.3 Å². The zero-order valence-electron chi connectivity index (χ0n) is 18.1. The van der Waals surface area contributed by atoms with Crippen LogP contribution in [0.3, 0.4) is 0 Å². The third-order valence-electron chi connectivity index (χ3n) is 7.10. The van der Waals surface area contributed by atoms with Crippen LogP contribution in [0.5, 0.6) is 0 Å². The molecule has 2 N–H and O–H groups in total. The van der Waals surface area contributed by atoms with Gasteiger partial charge in [0.2, 0.25) is 0 Å². The summed E-state index contributed by atoms with van der Waals surface area (Å²) in [5.41, 5.74) is 0.0694. The van der Waals surface area contributed by atoms with Crippen LogP contribution in [0.1, 0.15) is 44.9 Å². The molecule has 1 saturated heterocycles. The molecule has 1 aromatic rings. The maximum Gasteiger partial charge on any atom is 0.407 e. The van der Waals surface area contributed by atoms with E-state index in [4.69, 9.17) is 4.74 Å². The molecule has 0 spiro atoms. The van der Waals surface area contributed by atoms with Gasteiger partial charge in [0.25, 0.3) is 10.2 Å². The lowest BCUT2D eigenvalue weighted by Gasteiger charge is -2.32. The summed E-state index contributed by atoms with van der Waals surface area (Å²) in [6, 6.07) is 0.438. The third kappa shape index (κ3) is 4.28. The monoisotopic (exact) mass is 453 g/mol. The maximum absolute atomic E-state index is 12.3. The van der Waals surface area contributed by atoms with Gasteiger partial charge < -0.3 is 9.84 Å². The van der Waals surface area contributed by atoms with Gasteiger partial charge in [0.15, 0.2) is 0 Å². The first-order valence-corrected chi connectivity index (χ1v) is 12.2. The zero-order valence-corrected chi connectivity index (χ0v) is 19.0. The second kappa shape index (κ2) is 8.27. The second-order valence-electron chi connectivity index (χ2n) is 9.21. The Balaban J connectivity index is 1.39. The van der Waals surface area contributed by atoms with Crippen LogP contribution in [0.4, 0.5) is 4.79 Å². The van der Waals surface area contributed by atoms with Gasteiger partial charge in [-0.1, -0.05) is 0 Å². The molecule has 172 valence electrons. The second-order valence-corrected chi connectivity index (χ2v) is 11.1. The number of nitrogens with one attached hydrogen (secondary N) is 1. The molecular weight excluding hydrogens is 422 g/mol. The van der Waals surface area contributed by atoms with E-state index in [0.717, 1.165) is 35.8 Å². The van der Waals surface area contributed by atoms with E-state index in [1.54, 1.807) is 19.3 Å². The van der Waals surface area contributed by atoms with E-state index in [9.17, 15) is 18.3 Å². The first kappa shape index (κ1) is 22.4. The van der Waals surface area contributed by atoms with Crippen molar-refractivity contribution in [3.8, 4) is 0 Å². The Kier molecular flexibility index (Phi) is 5.97. The largest absolute Gasteiger partial charge is 0.465 e. The van der Waals surface area contributed by atoms with Gasteiger partial charge in [-0.15, -0.1) is 0 Å². The number of rotatable bonds is 7. The van der Waals surface area contributed by atoms with Crippen molar-refractivity contribution in [1.82, 2.24) is 23.9 Å². The lowest BCUT2D eigenvalue weighted by molar-refractivity contribution is -0.00880. The van der Waals surface area contributed by atoms with Crippen molar-refractivity contribution < 1.29 is 23.1 Å². The summed E-state index contributed by atoms with van der Waals surface area (Å²) < 4.78 is 34.6. The van der Waals surface area contributed by atoms with Crippen molar-refractivity contribution in [2.24, 2.45) is 5.92 Å². The Morgan fingerprint density at radius 2 is 2.06 bits per heavy atom. The highest BCUT2D eigenvalue weighted by atomic mass is 32.2. The molecular formula is C20H31N5O5S. The Morgan fingerprint density at radius 3 is 2.68 bits per heavy atom. The van der Waals surface area contributed by atoms with Crippen LogP contribution < -0.4 is 4.72 Å². The number of nitrogens with zero attached hydrogens (tertiary/aromatic N) is 4. The SMILES string of the molecule is C[C@@H]1C[C@H](NS(=O)(=O)N(C)C)[C@H](CO[C@@H]2CC[C@]3(c4ncccn4)C[C@@H]3C2)N1C(=O)O. The van der Waals surface area contributed by atoms with E-state index in [2.05, 4.69) is 14.7 Å². The number of ether oxygens (including phenoxy) is 1. The normalized spacial score (nSPS) is 35.2. The Labute approximate surface area is 183 Å².